The number of thiol groups is 1. The van der Waals surface area contributed by atoms with Crippen molar-refractivity contribution < 1.29 is 4.79 Å². The number of carbonyl (C=O) groups excluding carboxylic acids is 1. The lowest BCUT2D eigenvalue weighted by molar-refractivity contribution is -0.117. The number of aromatic nitrogens is 2. The van der Waals surface area contributed by atoms with Gasteiger partial charge in [0, 0.05) is 24.3 Å². The van der Waals surface area contributed by atoms with Crippen molar-refractivity contribution in [1.82, 2.24) is 10.2 Å². The molecule has 2 rings (SSSR count). The number of hydrogen-bond acceptors (Lipinski definition) is 3. The van der Waals surface area contributed by atoms with Crippen LogP contribution in [0.2, 0.25) is 0 Å². The molecular formula is C7H9N3O2S. The molecule has 1 aliphatic rings. The molecule has 13 heavy (non-hydrogen) atoms. The normalized spacial score (nSPS) is 22.7. The number of rotatable bonds is 1. The van der Waals surface area contributed by atoms with E-state index in [2.05, 4.69) is 22.8 Å². The third kappa shape index (κ3) is 1.49. The van der Waals surface area contributed by atoms with Crippen LogP contribution in [-0.2, 0) is 4.79 Å². The molecule has 0 bridgehead atoms. The van der Waals surface area contributed by atoms with E-state index in [1.165, 1.54) is 11.0 Å². The summed E-state index contributed by atoms with van der Waals surface area (Å²) in [5.74, 6) is 0.516. The van der Waals surface area contributed by atoms with Crippen LogP contribution in [0.3, 0.4) is 0 Å². The first-order valence-electron chi connectivity index (χ1n) is 3.93. The molecule has 70 valence electrons. The summed E-state index contributed by atoms with van der Waals surface area (Å²) in [6, 6.07) is 1.36. The van der Waals surface area contributed by atoms with Crippen LogP contribution in [-0.4, -0.2) is 27.9 Å². The Bertz CT molecular complexity index is 383. The number of amides is 1. The summed E-state index contributed by atoms with van der Waals surface area (Å²) in [5.41, 5.74) is -0.231. The first kappa shape index (κ1) is 8.43. The van der Waals surface area contributed by atoms with E-state index in [0.29, 0.717) is 18.8 Å². The molecule has 6 heteroatoms. The summed E-state index contributed by atoms with van der Waals surface area (Å²) in [4.78, 5) is 23.7. The van der Waals surface area contributed by atoms with Gasteiger partial charge in [0.2, 0.25) is 5.91 Å². The zero-order valence-electron chi connectivity index (χ0n) is 6.78. The fourth-order valence-electron chi connectivity index (χ4n) is 1.39. The zero-order valence-corrected chi connectivity index (χ0v) is 7.67. The molecule has 5 nitrogen and oxygen atoms in total. The molecule has 1 fully saturated rings. The third-order valence-corrected chi connectivity index (χ3v) is 2.32. The molecule has 2 N–H and O–H groups in total. The van der Waals surface area contributed by atoms with Crippen molar-refractivity contribution in [3.63, 3.8) is 0 Å². The van der Waals surface area contributed by atoms with Crippen LogP contribution in [0.25, 0.3) is 0 Å². The van der Waals surface area contributed by atoms with E-state index in [0.717, 1.165) is 0 Å². The molecule has 0 aromatic carbocycles. The molecule has 0 aliphatic carbocycles. The van der Waals surface area contributed by atoms with Gasteiger partial charge in [-0.25, -0.2) is 0 Å². The quantitative estimate of drug-likeness (QED) is 0.545. The second-order valence-electron chi connectivity index (χ2n) is 3.01. The van der Waals surface area contributed by atoms with Gasteiger partial charge >= 0.3 is 0 Å². The maximum absolute atomic E-state index is 11.3. The smallest absolute Gasteiger partial charge is 0.266 e. The van der Waals surface area contributed by atoms with E-state index in [9.17, 15) is 9.59 Å². The van der Waals surface area contributed by atoms with Crippen LogP contribution in [0, 0.1) is 0 Å². The van der Waals surface area contributed by atoms with Gasteiger partial charge in [-0.1, -0.05) is 0 Å². The molecule has 1 aliphatic heterocycles. The first-order chi connectivity index (χ1) is 6.16. The van der Waals surface area contributed by atoms with E-state index in [4.69, 9.17) is 0 Å². The van der Waals surface area contributed by atoms with Gasteiger partial charge in [-0.15, -0.1) is 0 Å². The maximum atomic E-state index is 11.3. The van der Waals surface area contributed by atoms with Crippen LogP contribution in [0.1, 0.15) is 6.42 Å². The fourth-order valence-corrected chi connectivity index (χ4v) is 1.71. The largest absolute Gasteiger partial charge is 0.296 e. The van der Waals surface area contributed by atoms with E-state index in [1.807, 2.05) is 0 Å². The molecule has 0 saturated carbocycles. The maximum Gasteiger partial charge on any atom is 0.266 e. The SMILES string of the molecule is O=C1CC(S)CN1c1cc(=O)[nH][nH]1. The van der Waals surface area contributed by atoms with Crippen molar-refractivity contribution >= 4 is 24.4 Å². The monoisotopic (exact) mass is 199 g/mol. The fraction of sp³-hybridized carbons (Fsp3) is 0.429. The lowest BCUT2D eigenvalue weighted by Crippen LogP contribution is -2.24. The average Bonchev–Trinajstić information content (AvgIpc) is 2.58. The Hall–Kier alpha value is -1.17. The molecular weight excluding hydrogens is 190 g/mol. The molecule has 0 spiro atoms. The number of H-pyrrole nitrogens is 2. The highest BCUT2D eigenvalue weighted by atomic mass is 32.1. The lowest BCUT2D eigenvalue weighted by atomic mass is 10.4. The average molecular weight is 199 g/mol. The van der Waals surface area contributed by atoms with Crippen LogP contribution < -0.4 is 10.5 Å². The highest BCUT2D eigenvalue weighted by Gasteiger charge is 2.29. The van der Waals surface area contributed by atoms with Crippen molar-refractivity contribution in [2.45, 2.75) is 11.7 Å². The van der Waals surface area contributed by atoms with E-state index in [-0.39, 0.29) is 16.7 Å². The van der Waals surface area contributed by atoms with Crippen LogP contribution >= 0.6 is 12.6 Å². The van der Waals surface area contributed by atoms with Crippen molar-refractivity contribution in [2.24, 2.45) is 0 Å². The third-order valence-electron chi connectivity index (χ3n) is 1.98. The number of hydrogen-bond donors (Lipinski definition) is 3. The predicted octanol–water partition coefficient (Wildman–Crippen LogP) is -0.262. The number of carbonyl (C=O) groups is 1. The molecule has 1 unspecified atom stereocenters. The van der Waals surface area contributed by atoms with Crippen molar-refractivity contribution in [1.29, 1.82) is 0 Å². The molecule has 1 aromatic rings. The Kier molecular flexibility index (Phi) is 1.91. The summed E-state index contributed by atoms with van der Waals surface area (Å²) in [6.07, 6.45) is 0.427. The Balaban J connectivity index is 2.27. The van der Waals surface area contributed by atoms with E-state index < -0.39 is 0 Å². The summed E-state index contributed by atoms with van der Waals surface area (Å²) >= 11 is 4.20. The summed E-state index contributed by atoms with van der Waals surface area (Å²) in [7, 11) is 0. The van der Waals surface area contributed by atoms with Crippen LogP contribution in [0.4, 0.5) is 5.82 Å². The van der Waals surface area contributed by atoms with Gasteiger partial charge in [0.05, 0.1) is 0 Å². The molecule has 0 radical (unpaired) electrons. The highest BCUT2D eigenvalue weighted by Crippen LogP contribution is 2.20. The number of anilines is 1. The second-order valence-corrected chi connectivity index (χ2v) is 3.74. The Labute approximate surface area is 79.5 Å². The van der Waals surface area contributed by atoms with Gasteiger partial charge in [-0.2, -0.15) is 12.6 Å². The van der Waals surface area contributed by atoms with Crippen molar-refractivity contribution in [3.8, 4) is 0 Å². The van der Waals surface area contributed by atoms with Crippen molar-refractivity contribution in [2.75, 3.05) is 11.4 Å². The summed E-state index contributed by atoms with van der Waals surface area (Å²) in [6.45, 7) is 0.551. The minimum absolute atomic E-state index is 0.00440. The minimum atomic E-state index is -0.231. The molecule has 1 aromatic heterocycles. The standard InChI is InChI=1S/C7H9N3O2S/c11-6-2-5(8-9-6)10-3-4(13)1-7(10)12/h2,4,13H,1,3H2,(H2,8,9,11). The predicted molar refractivity (Wildman–Crippen MR) is 51.2 cm³/mol. The second kappa shape index (κ2) is 2.95. The Morgan fingerprint density at radius 1 is 1.46 bits per heavy atom. The van der Waals surface area contributed by atoms with Gasteiger partial charge in [-0.3, -0.25) is 24.7 Å². The van der Waals surface area contributed by atoms with Gasteiger partial charge in [0.1, 0.15) is 5.82 Å². The number of aromatic amines is 2. The van der Waals surface area contributed by atoms with E-state index in [1.54, 1.807) is 0 Å². The van der Waals surface area contributed by atoms with Crippen molar-refractivity contribution in [3.05, 3.63) is 16.4 Å². The molecule has 1 atom stereocenters. The van der Waals surface area contributed by atoms with Gasteiger partial charge in [-0.05, 0) is 0 Å². The highest BCUT2D eigenvalue weighted by molar-refractivity contribution is 7.81. The Morgan fingerprint density at radius 2 is 2.23 bits per heavy atom. The van der Waals surface area contributed by atoms with Crippen LogP contribution in [0.5, 0.6) is 0 Å². The van der Waals surface area contributed by atoms with Crippen LogP contribution in [0.15, 0.2) is 10.9 Å². The van der Waals surface area contributed by atoms with E-state index >= 15 is 0 Å². The topological polar surface area (TPSA) is 69.0 Å². The Morgan fingerprint density at radius 3 is 2.69 bits per heavy atom. The van der Waals surface area contributed by atoms with Gasteiger partial charge < -0.3 is 0 Å². The molecule has 1 saturated heterocycles. The lowest BCUT2D eigenvalue weighted by Gasteiger charge is -2.11. The van der Waals surface area contributed by atoms with Gasteiger partial charge in [0.25, 0.3) is 5.56 Å². The van der Waals surface area contributed by atoms with Gasteiger partial charge in [0.15, 0.2) is 0 Å². The zero-order chi connectivity index (χ0) is 9.42. The minimum Gasteiger partial charge on any atom is -0.296 e. The number of nitrogens with zero attached hydrogens (tertiary/aromatic N) is 1. The molecule has 1 amide bonds. The first-order valence-corrected chi connectivity index (χ1v) is 4.44. The summed E-state index contributed by atoms with van der Waals surface area (Å²) < 4.78 is 0. The number of nitrogens with one attached hydrogen (secondary N) is 2. The summed E-state index contributed by atoms with van der Waals surface area (Å²) in [5, 5.41) is 5.07. The molecule has 2 heterocycles.